The molecule has 2 aromatic rings. The normalized spacial score (nSPS) is 19.8. The molecule has 0 aliphatic carbocycles. The van der Waals surface area contributed by atoms with Crippen LogP contribution in [0.25, 0.3) is 0 Å². The molecule has 0 saturated carbocycles. The van der Waals surface area contributed by atoms with Crippen molar-refractivity contribution in [2.75, 3.05) is 19.8 Å². The Morgan fingerprint density at radius 1 is 1.07 bits per heavy atom. The molecule has 2 aliphatic heterocycles. The Labute approximate surface area is 156 Å². The molecule has 1 unspecified atom stereocenters. The van der Waals surface area contributed by atoms with E-state index in [-0.39, 0.29) is 4.90 Å². The van der Waals surface area contributed by atoms with Crippen LogP contribution in [0.2, 0.25) is 0 Å². The van der Waals surface area contributed by atoms with Crippen molar-refractivity contribution >= 4 is 15.7 Å². The third-order valence-electron chi connectivity index (χ3n) is 4.80. The number of hydrogen-bond donors (Lipinski definition) is 0. The van der Waals surface area contributed by atoms with E-state index in [9.17, 15) is 18.5 Å². The van der Waals surface area contributed by atoms with Gasteiger partial charge in [0.1, 0.15) is 13.2 Å². The fourth-order valence-corrected chi connectivity index (χ4v) is 5.42. The van der Waals surface area contributed by atoms with E-state index in [4.69, 9.17) is 9.47 Å². The van der Waals surface area contributed by atoms with Gasteiger partial charge in [0, 0.05) is 12.6 Å². The van der Waals surface area contributed by atoms with E-state index in [0.717, 1.165) is 5.56 Å². The van der Waals surface area contributed by atoms with Gasteiger partial charge in [-0.2, -0.15) is 4.31 Å². The maximum absolute atomic E-state index is 13.2. The Morgan fingerprint density at radius 2 is 1.81 bits per heavy atom. The van der Waals surface area contributed by atoms with Crippen LogP contribution in [0.5, 0.6) is 11.5 Å². The largest absolute Gasteiger partial charge is 0.486 e. The molecule has 2 aliphatic rings. The smallest absolute Gasteiger partial charge is 0.289 e. The summed E-state index contributed by atoms with van der Waals surface area (Å²) in [6, 6.07) is 10.4. The molecule has 0 spiro atoms. The molecule has 0 aromatic heterocycles. The van der Waals surface area contributed by atoms with Crippen LogP contribution < -0.4 is 9.47 Å². The van der Waals surface area contributed by atoms with Crippen molar-refractivity contribution in [2.45, 2.75) is 23.8 Å². The number of sulfonamides is 1. The molecule has 8 nitrogen and oxygen atoms in total. The second kappa shape index (κ2) is 6.82. The summed E-state index contributed by atoms with van der Waals surface area (Å²) in [4.78, 5) is 10.3. The first-order chi connectivity index (χ1) is 13.0. The minimum atomic E-state index is -4.01. The molecule has 0 N–H and O–H groups in total. The van der Waals surface area contributed by atoms with Gasteiger partial charge < -0.3 is 9.47 Å². The number of nitro groups is 1. The van der Waals surface area contributed by atoms with Crippen molar-refractivity contribution in [1.82, 2.24) is 4.31 Å². The first-order valence-corrected chi connectivity index (χ1v) is 10.1. The third-order valence-corrected chi connectivity index (χ3v) is 6.76. The molecule has 0 radical (unpaired) electrons. The van der Waals surface area contributed by atoms with Crippen LogP contribution in [0.3, 0.4) is 0 Å². The van der Waals surface area contributed by atoms with E-state index in [1.165, 1.54) is 28.6 Å². The Hall–Kier alpha value is -2.65. The monoisotopic (exact) mass is 390 g/mol. The van der Waals surface area contributed by atoms with Crippen molar-refractivity contribution < 1.29 is 22.8 Å². The van der Waals surface area contributed by atoms with E-state index in [1.807, 2.05) is 6.07 Å². The first kappa shape index (κ1) is 17.7. The van der Waals surface area contributed by atoms with Gasteiger partial charge >= 0.3 is 0 Å². The van der Waals surface area contributed by atoms with Crippen LogP contribution in [0.15, 0.2) is 47.4 Å². The van der Waals surface area contributed by atoms with E-state index >= 15 is 0 Å². The first-order valence-electron chi connectivity index (χ1n) is 8.63. The van der Waals surface area contributed by atoms with Crippen molar-refractivity contribution in [3.63, 3.8) is 0 Å². The van der Waals surface area contributed by atoms with Crippen molar-refractivity contribution in [2.24, 2.45) is 0 Å². The van der Waals surface area contributed by atoms with E-state index in [0.29, 0.717) is 44.1 Å². The van der Waals surface area contributed by atoms with E-state index < -0.39 is 26.7 Å². The van der Waals surface area contributed by atoms with Gasteiger partial charge in [-0.25, -0.2) is 8.42 Å². The molecule has 0 amide bonds. The number of fused-ring (bicyclic) bond motifs is 1. The Kier molecular flexibility index (Phi) is 4.48. The number of para-hydroxylation sites is 1. The van der Waals surface area contributed by atoms with Gasteiger partial charge in [0.05, 0.1) is 11.0 Å². The third kappa shape index (κ3) is 3.13. The molecule has 9 heteroatoms. The number of rotatable bonds is 4. The zero-order valence-corrected chi connectivity index (χ0v) is 15.2. The van der Waals surface area contributed by atoms with Crippen LogP contribution in [0.1, 0.15) is 24.4 Å². The second-order valence-corrected chi connectivity index (χ2v) is 8.26. The number of nitro benzene ring substituents is 1. The summed E-state index contributed by atoms with van der Waals surface area (Å²) in [6.07, 6.45) is 1.32. The number of hydrogen-bond acceptors (Lipinski definition) is 6. The average Bonchev–Trinajstić information content (AvgIpc) is 3.18. The molecule has 4 rings (SSSR count). The minimum absolute atomic E-state index is 0.278. The standard InChI is InChI=1S/C18H18N2O6S/c21-20(22)15-4-1-2-6-18(15)27(23,24)19-9-3-5-14(19)13-7-8-16-17(12-13)26-11-10-25-16/h1-2,4,6-8,12,14H,3,5,9-11H2. The van der Waals surface area contributed by atoms with Gasteiger partial charge in [0.25, 0.3) is 5.69 Å². The molecule has 142 valence electrons. The van der Waals surface area contributed by atoms with E-state index in [2.05, 4.69) is 0 Å². The maximum Gasteiger partial charge on any atom is 0.289 e. The van der Waals surface area contributed by atoms with Crippen molar-refractivity contribution in [1.29, 1.82) is 0 Å². The Balaban J connectivity index is 1.72. The lowest BCUT2D eigenvalue weighted by Crippen LogP contribution is -2.31. The van der Waals surface area contributed by atoms with Gasteiger partial charge in [-0.1, -0.05) is 18.2 Å². The predicted octanol–water partition coefficient (Wildman–Crippen LogP) is 2.89. The van der Waals surface area contributed by atoms with Crippen molar-refractivity contribution in [3.8, 4) is 11.5 Å². The zero-order valence-electron chi connectivity index (χ0n) is 14.4. The van der Waals surface area contributed by atoms with Crippen LogP contribution in [-0.4, -0.2) is 37.4 Å². The highest BCUT2D eigenvalue weighted by Crippen LogP contribution is 2.41. The fraction of sp³-hybridized carbons (Fsp3) is 0.333. The summed E-state index contributed by atoms with van der Waals surface area (Å²) in [6.45, 7) is 1.24. The van der Waals surface area contributed by atoms with Crippen LogP contribution in [-0.2, 0) is 10.0 Å². The van der Waals surface area contributed by atoms with Gasteiger partial charge in [-0.3, -0.25) is 10.1 Å². The second-order valence-electron chi connectivity index (χ2n) is 6.40. The molecule has 1 saturated heterocycles. The van der Waals surface area contributed by atoms with Gasteiger partial charge in [-0.15, -0.1) is 0 Å². The summed E-state index contributed by atoms with van der Waals surface area (Å²) in [5, 5.41) is 11.3. The van der Waals surface area contributed by atoms with Crippen LogP contribution >= 0.6 is 0 Å². The molecular formula is C18H18N2O6S. The molecular weight excluding hydrogens is 372 g/mol. The lowest BCUT2D eigenvalue weighted by Gasteiger charge is -2.26. The summed E-state index contributed by atoms with van der Waals surface area (Å²) in [5.41, 5.74) is 0.379. The SMILES string of the molecule is O=[N+]([O-])c1ccccc1S(=O)(=O)N1CCCC1c1ccc2c(c1)OCCO2. The number of benzene rings is 2. The zero-order chi connectivity index (χ0) is 19.0. The predicted molar refractivity (Wildman–Crippen MR) is 96.4 cm³/mol. The van der Waals surface area contributed by atoms with Gasteiger partial charge in [-0.05, 0) is 36.6 Å². The van der Waals surface area contributed by atoms with E-state index in [1.54, 1.807) is 12.1 Å². The topological polar surface area (TPSA) is 99.0 Å². The lowest BCUT2D eigenvalue weighted by molar-refractivity contribution is -0.387. The number of ether oxygens (including phenoxy) is 2. The van der Waals surface area contributed by atoms with Gasteiger partial charge in [0.15, 0.2) is 16.4 Å². The average molecular weight is 390 g/mol. The highest BCUT2D eigenvalue weighted by Gasteiger charge is 2.39. The molecule has 2 aromatic carbocycles. The quantitative estimate of drug-likeness (QED) is 0.588. The van der Waals surface area contributed by atoms with Crippen LogP contribution in [0.4, 0.5) is 5.69 Å². The Bertz CT molecular complexity index is 991. The van der Waals surface area contributed by atoms with Crippen LogP contribution in [0, 0.1) is 10.1 Å². The highest BCUT2D eigenvalue weighted by atomic mass is 32.2. The molecule has 27 heavy (non-hydrogen) atoms. The summed E-state index contributed by atoms with van der Waals surface area (Å²) in [7, 11) is -4.01. The molecule has 2 heterocycles. The Morgan fingerprint density at radius 3 is 2.59 bits per heavy atom. The maximum atomic E-state index is 13.2. The van der Waals surface area contributed by atoms with Crippen molar-refractivity contribution in [3.05, 3.63) is 58.1 Å². The molecule has 1 atom stereocenters. The highest BCUT2D eigenvalue weighted by molar-refractivity contribution is 7.89. The summed E-state index contributed by atoms with van der Waals surface area (Å²) < 4.78 is 38.9. The summed E-state index contributed by atoms with van der Waals surface area (Å²) >= 11 is 0. The number of nitrogens with zero attached hydrogens (tertiary/aromatic N) is 2. The lowest BCUT2D eigenvalue weighted by atomic mass is 10.0. The minimum Gasteiger partial charge on any atom is -0.486 e. The summed E-state index contributed by atoms with van der Waals surface area (Å²) in [5.74, 6) is 1.23. The molecule has 0 bridgehead atoms. The fourth-order valence-electron chi connectivity index (χ4n) is 3.58. The van der Waals surface area contributed by atoms with Gasteiger partial charge in [0.2, 0.25) is 10.0 Å². The molecule has 1 fully saturated rings.